The summed E-state index contributed by atoms with van der Waals surface area (Å²) in [7, 11) is 1.53. The van der Waals surface area contributed by atoms with Gasteiger partial charge >= 0.3 is 5.97 Å². The van der Waals surface area contributed by atoms with E-state index < -0.39 is 0 Å². The van der Waals surface area contributed by atoms with Crippen molar-refractivity contribution in [1.82, 2.24) is 0 Å². The number of hydrogen-bond donors (Lipinski definition) is 1. The van der Waals surface area contributed by atoms with E-state index in [4.69, 9.17) is 9.47 Å². The Morgan fingerprint density at radius 3 is 2.43 bits per heavy atom. The molecule has 0 aliphatic heterocycles. The van der Waals surface area contributed by atoms with Crippen LogP contribution >= 0.6 is 0 Å². The molecule has 5 fully saturated rings. The molecule has 1 aromatic rings. The first-order valence-corrected chi connectivity index (χ1v) is 17.6. The number of rotatable bonds is 8. The lowest BCUT2D eigenvalue weighted by Gasteiger charge is -2.63. The maximum Gasteiger partial charge on any atom is 0.331 e. The molecule has 4 heteroatoms. The SMILES string of the molecule is COc1cc(/C=C/C(=O)O[C@H]2CC[C@]34C[C@]35CC[C@]3(C)C([C@H](C)CCC=C(C)C)CC[C@@]3(C)[C@@H]5CC[C@H]4C2(C)C)ccc1O. The summed E-state index contributed by atoms with van der Waals surface area (Å²) in [6, 6.07) is 5.09. The molecule has 0 heterocycles. The van der Waals surface area contributed by atoms with E-state index in [2.05, 4.69) is 54.5 Å². The standard InChI is InChI=1S/C40H58O4/c1-26(2)10-9-11-27(3)29-18-20-38(7)33-16-15-32-36(4,5)34(19-21-39(32)25-40(33,39)23-22-37(29,38)6)44-35(42)17-13-28-12-14-30(41)31(24-28)43-8/h10,12-14,17,24,27,29,32-34,41H,9,11,15-16,18-23,25H2,1-8H3/b17-13+/t27-,29?,32+,33+,34+,37-,38+,39-,40+/m1/s1. The van der Waals surface area contributed by atoms with Gasteiger partial charge in [-0.2, -0.15) is 0 Å². The Balaban J connectivity index is 1.15. The van der Waals surface area contributed by atoms with Crippen molar-refractivity contribution in [1.29, 1.82) is 0 Å². The lowest BCUT2D eigenvalue weighted by atomic mass is 9.41. The minimum absolute atomic E-state index is 0.0305. The Morgan fingerprint density at radius 2 is 1.70 bits per heavy atom. The van der Waals surface area contributed by atoms with E-state index in [1.54, 1.807) is 24.3 Å². The number of ether oxygens (including phenoxy) is 2. The number of hydrogen-bond acceptors (Lipinski definition) is 4. The van der Waals surface area contributed by atoms with Gasteiger partial charge in [-0.3, -0.25) is 0 Å². The van der Waals surface area contributed by atoms with Gasteiger partial charge in [-0.25, -0.2) is 4.79 Å². The molecule has 1 unspecified atom stereocenters. The number of esters is 1. The quantitative estimate of drug-likeness (QED) is 0.183. The number of phenols is 1. The fraction of sp³-hybridized carbons (Fsp3) is 0.725. The summed E-state index contributed by atoms with van der Waals surface area (Å²) in [5, 5.41) is 9.88. The van der Waals surface area contributed by atoms with Crippen LogP contribution in [0.4, 0.5) is 0 Å². The molecule has 44 heavy (non-hydrogen) atoms. The molecule has 5 aliphatic carbocycles. The normalized spacial score (nSPS) is 40.6. The molecule has 0 radical (unpaired) electrons. The molecule has 5 saturated carbocycles. The number of carbonyl (C=O) groups is 1. The molecule has 1 N–H and O–H groups in total. The number of carbonyl (C=O) groups excluding carboxylic acids is 1. The summed E-state index contributed by atoms with van der Waals surface area (Å²) in [5.74, 6) is 3.33. The molecule has 4 nitrogen and oxygen atoms in total. The van der Waals surface area contributed by atoms with Crippen LogP contribution in [-0.4, -0.2) is 24.3 Å². The Kier molecular flexibility index (Phi) is 7.89. The summed E-state index contributed by atoms with van der Waals surface area (Å²) in [6.07, 6.45) is 20.1. The van der Waals surface area contributed by atoms with E-state index >= 15 is 0 Å². The summed E-state index contributed by atoms with van der Waals surface area (Å²) < 4.78 is 11.4. The first-order valence-electron chi connectivity index (χ1n) is 17.6. The molecule has 5 aliphatic rings. The van der Waals surface area contributed by atoms with Crippen LogP contribution in [0.3, 0.4) is 0 Å². The van der Waals surface area contributed by atoms with Crippen LogP contribution < -0.4 is 4.74 Å². The van der Waals surface area contributed by atoms with Crippen molar-refractivity contribution in [2.24, 2.45) is 50.7 Å². The summed E-state index contributed by atoms with van der Waals surface area (Å²) in [5.41, 5.74) is 4.08. The van der Waals surface area contributed by atoms with Crippen molar-refractivity contribution < 1.29 is 19.4 Å². The molecule has 0 aromatic heterocycles. The first kappa shape index (κ1) is 31.7. The zero-order valence-electron chi connectivity index (χ0n) is 28.8. The third-order valence-electron chi connectivity index (χ3n) is 14.8. The van der Waals surface area contributed by atoms with Gasteiger partial charge in [0.15, 0.2) is 11.5 Å². The van der Waals surface area contributed by atoms with E-state index in [0.29, 0.717) is 33.3 Å². The minimum Gasteiger partial charge on any atom is -0.504 e. The summed E-state index contributed by atoms with van der Waals surface area (Å²) in [4.78, 5) is 13.1. The highest BCUT2D eigenvalue weighted by Crippen LogP contribution is 2.89. The number of benzene rings is 1. The van der Waals surface area contributed by atoms with Gasteiger partial charge in [0.1, 0.15) is 6.10 Å². The van der Waals surface area contributed by atoms with Crippen LogP contribution in [0.25, 0.3) is 6.08 Å². The van der Waals surface area contributed by atoms with Gasteiger partial charge in [0, 0.05) is 11.5 Å². The third-order valence-corrected chi connectivity index (χ3v) is 14.8. The minimum atomic E-state index is -0.276. The predicted molar refractivity (Wildman–Crippen MR) is 178 cm³/mol. The Labute approximate surface area is 267 Å². The topological polar surface area (TPSA) is 55.8 Å². The summed E-state index contributed by atoms with van der Waals surface area (Å²) in [6.45, 7) is 17.2. The van der Waals surface area contributed by atoms with E-state index in [1.165, 1.54) is 83.0 Å². The molecular formula is C40H58O4. The van der Waals surface area contributed by atoms with E-state index in [9.17, 15) is 9.90 Å². The fourth-order valence-electron chi connectivity index (χ4n) is 12.5. The van der Waals surface area contributed by atoms with E-state index in [1.807, 2.05) is 0 Å². The molecule has 2 spiro atoms. The second-order valence-corrected chi connectivity index (χ2v) is 17.0. The Hall–Kier alpha value is -2.23. The van der Waals surface area contributed by atoms with Gasteiger partial charge in [0.2, 0.25) is 0 Å². The lowest BCUT2D eigenvalue weighted by Crippen LogP contribution is -2.58. The highest BCUT2D eigenvalue weighted by atomic mass is 16.5. The number of allylic oxidation sites excluding steroid dienone is 2. The van der Waals surface area contributed by atoms with Gasteiger partial charge in [-0.05, 0) is 154 Å². The smallest absolute Gasteiger partial charge is 0.331 e. The molecule has 0 saturated heterocycles. The average molecular weight is 603 g/mol. The summed E-state index contributed by atoms with van der Waals surface area (Å²) >= 11 is 0. The van der Waals surface area contributed by atoms with Crippen molar-refractivity contribution in [2.45, 2.75) is 125 Å². The van der Waals surface area contributed by atoms with Crippen LogP contribution in [0, 0.1) is 50.7 Å². The van der Waals surface area contributed by atoms with Crippen LogP contribution in [0.5, 0.6) is 11.5 Å². The number of aromatic hydroxyl groups is 1. The van der Waals surface area contributed by atoms with Gasteiger partial charge in [0.25, 0.3) is 0 Å². The molecule has 9 atom stereocenters. The number of fused-ring (bicyclic) bond motifs is 2. The van der Waals surface area contributed by atoms with Crippen molar-refractivity contribution in [3.05, 3.63) is 41.5 Å². The van der Waals surface area contributed by atoms with Crippen LogP contribution in [0.1, 0.15) is 125 Å². The Morgan fingerprint density at radius 1 is 0.977 bits per heavy atom. The van der Waals surface area contributed by atoms with Crippen LogP contribution in [0.2, 0.25) is 0 Å². The zero-order valence-corrected chi connectivity index (χ0v) is 28.8. The van der Waals surface area contributed by atoms with Crippen LogP contribution in [0.15, 0.2) is 35.9 Å². The number of phenolic OH excluding ortho intramolecular Hbond substituents is 1. The van der Waals surface area contributed by atoms with E-state index in [-0.39, 0.29) is 23.2 Å². The molecule has 0 amide bonds. The second-order valence-electron chi connectivity index (χ2n) is 17.0. The maximum atomic E-state index is 13.1. The fourth-order valence-corrected chi connectivity index (χ4v) is 12.5. The Bertz CT molecular complexity index is 1340. The highest BCUT2D eigenvalue weighted by Gasteiger charge is 2.82. The predicted octanol–water partition coefficient (Wildman–Crippen LogP) is 10.1. The average Bonchev–Trinajstić information content (AvgIpc) is 3.55. The van der Waals surface area contributed by atoms with Gasteiger partial charge in [-0.1, -0.05) is 52.3 Å². The number of methoxy groups -OCH3 is 1. The van der Waals surface area contributed by atoms with Gasteiger partial charge < -0.3 is 14.6 Å². The molecular weight excluding hydrogens is 544 g/mol. The van der Waals surface area contributed by atoms with Crippen molar-refractivity contribution >= 4 is 12.0 Å². The molecule has 1 aromatic carbocycles. The monoisotopic (exact) mass is 602 g/mol. The van der Waals surface area contributed by atoms with Crippen molar-refractivity contribution in [3.63, 3.8) is 0 Å². The third kappa shape index (κ3) is 4.62. The largest absolute Gasteiger partial charge is 0.504 e. The van der Waals surface area contributed by atoms with Crippen molar-refractivity contribution in [2.75, 3.05) is 7.11 Å². The van der Waals surface area contributed by atoms with Gasteiger partial charge in [-0.15, -0.1) is 0 Å². The van der Waals surface area contributed by atoms with E-state index in [0.717, 1.165) is 29.7 Å². The lowest BCUT2D eigenvalue weighted by molar-refractivity contribution is -0.179. The molecule has 242 valence electrons. The maximum absolute atomic E-state index is 13.1. The van der Waals surface area contributed by atoms with Crippen LogP contribution in [-0.2, 0) is 9.53 Å². The van der Waals surface area contributed by atoms with Crippen molar-refractivity contribution in [3.8, 4) is 11.5 Å². The second kappa shape index (κ2) is 10.9. The highest BCUT2D eigenvalue weighted by molar-refractivity contribution is 5.87. The molecule has 6 rings (SSSR count). The van der Waals surface area contributed by atoms with Gasteiger partial charge in [0.05, 0.1) is 7.11 Å². The molecule has 0 bridgehead atoms. The first-order chi connectivity index (χ1) is 20.7. The zero-order chi connectivity index (χ0) is 31.7.